The number of methoxy groups -OCH3 is 1. The molecule has 0 bridgehead atoms. The lowest BCUT2D eigenvalue weighted by Gasteiger charge is -2.19. The molecule has 2 heterocycles. The fourth-order valence-corrected chi connectivity index (χ4v) is 3.23. The van der Waals surface area contributed by atoms with Crippen molar-refractivity contribution in [3.8, 4) is 0 Å². The molecule has 1 unspecified atom stereocenters. The second kappa shape index (κ2) is 10.4. The molecule has 2 amide bonds. The summed E-state index contributed by atoms with van der Waals surface area (Å²) in [6, 6.07) is 0. The molecular weight excluding hydrogens is 358 g/mol. The van der Waals surface area contributed by atoms with E-state index < -0.39 is 0 Å². The topological polar surface area (TPSA) is 87.7 Å². The second-order valence-electron chi connectivity index (χ2n) is 7.87. The Morgan fingerprint density at radius 3 is 2.79 bits per heavy atom. The standard InChI is InChI=1S/C20H33N5O3/c1-14(2)6-7-17(26)25-10-8-15(13-25)18-16(19(27)21-9-11-28-5)12-22-20(23-18)24(3)4/h12,14-15H,6-11,13H2,1-5H3,(H,21,27). The van der Waals surface area contributed by atoms with E-state index in [2.05, 4.69) is 29.1 Å². The van der Waals surface area contributed by atoms with Crippen LogP contribution in [0.1, 0.15) is 55.1 Å². The number of likely N-dealkylation sites (tertiary alicyclic amines) is 1. The summed E-state index contributed by atoms with van der Waals surface area (Å²) in [5.74, 6) is 1.08. The van der Waals surface area contributed by atoms with Gasteiger partial charge in [-0.2, -0.15) is 0 Å². The third kappa shape index (κ3) is 5.89. The lowest BCUT2D eigenvalue weighted by molar-refractivity contribution is -0.130. The highest BCUT2D eigenvalue weighted by Crippen LogP contribution is 2.29. The number of ether oxygens (including phenoxy) is 1. The number of anilines is 1. The SMILES string of the molecule is COCCNC(=O)c1cnc(N(C)C)nc1C1CCN(C(=O)CCC(C)C)C1. The lowest BCUT2D eigenvalue weighted by Crippen LogP contribution is -2.31. The van der Waals surface area contributed by atoms with E-state index in [0.29, 0.717) is 55.8 Å². The van der Waals surface area contributed by atoms with Crippen LogP contribution >= 0.6 is 0 Å². The maximum Gasteiger partial charge on any atom is 0.254 e. The van der Waals surface area contributed by atoms with E-state index in [0.717, 1.165) is 12.8 Å². The first-order valence-electron chi connectivity index (χ1n) is 9.92. The Hall–Kier alpha value is -2.22. The molecular formula is C20H33N5O3. The van der Waals surface area contributed by atoms with E-state index in [1.807, 2.05) is 23.9 Å². The minimum Gasteiger partial charge on any atom is -0.383 e. The van der Waals surface area contributed by atoms with Crippen molar-refractivity contribution in [3.05, 3.63) is 17.5 Å². The Morgan fingerprint density at radius 2 is 2.14 bits per heavy atom. The van der Waals surface area contributed by atoms with Gasteiger partial charge in [0.05, 0.1) is 17.9 Å². The van der Waals surface area contributed by atoms with Gasteiger partial charge in [0.1, 0.15) is 0 Å². The molecule has 1 fully saturated rings. The van der Waals surface area contributed by atoms with E-state index >= 15 is 0 Å². The molecule has 28 heavy (non-hydrogen) atoms. The molecule has 0 spiro atoms. The first-order valence-corrected chi connectivity index (χ1v) is 9.92. The van der Waals surface area contributed by atoms with E-state index in [1.54, 1.807) is 13.3 Å². The minimum absolute atomic E-state index is 0.0351. The summed E-state index contributed by atoms with van der Waals surface area (Å²) in [5.41, 5.74) is 1.19. The Kier molecular flexibility index (Phi) is 8.17. The van der Waals surface area contributed by atoms with Gasteiger partial charge >= 0.3 is 0 Å². The van der Waals surface area contributed by atoms with E-state index in [4.69, 9.17) is 4.74 Å². The predicted molar refractivity (Wildman–Crippen MR) is 109 cm³/mol. The number of hydrogen-bond donors (Lipinski definition) is 1. The van der Waals surface area contributed by atoms with Crippen LogP contribution in [-0.4, -0.2) is 74.1 Å². The normalized spacial score (nSPS) is 16.5. The smallest absolute Gasteiger partial charge is 0.254 e. The van der Waals surface area contributed by atoms with Crippen LogP contribution in [0, 0.1) is 5.92 Å². The zero-order valence-corrected chi connectivity index (χ0v) is 17.7. The van der Waals surface area contributed by atoms with Crippen LogP contribution in [0.5, 0.6) is 0 Å². The number of aromatic nitrogens is 2. The van der Waals surface area contributed by atoms with Crippen molar-refractivity contribution in [1.29, 1.82) is 0 Å². The van der Waals surface area contributed by atoms with E-state index in [1.165, 1.54) is 0 Å². The van der Waals surface area contributed by atoms with E-state index in [9.17, 15) is 9.59 Å². The molecule has 1 aliphatic heterocycles. The van der Waals surface area contributed by atoms with Gasteiger partial charge in [0.25, 0.3) is 5.91 Å². The van der Waals surface area contributed by atoms with Crippen LogP contribution < -0.4 is 10.2 Å². The molecule has 1 aromatic rings. The number of hydrogen-bond acceptors (Lipinski definition) is 6. The number of rotatable bonds is 9. The zero-order valence-electron chi connectivity index (χ0n) is 17.7. The largest absolute Gasteiger partial charge is 0.383 e. The molecule has 8 nitrogen and oxygen atoms in total. The minimum atomic E-state index is -0.207. The number of amides is 2. The van der Waals surface area contributed by atoms with Crippen molar-refractivity contribution in [2.75, 3.05) is 52.3 Å². The monoisotopic (exact) mass is 391 g/mol. The van der Waals surface area contributed by atoms with Gasteiger partial charge < -0.3 is 19.9 Å². The van der Waals surface area contributed by atoms with Gasteiger partial charge in [-0.25, -0.2) is 9.97 Å². The predicted octanol–water partition coefficient (Wildman–Crippen LogP) is 1.67. The zero-order chi connectivity index (χ0) is 20.7. The summed E-state index contributed by atoms with van der Waals surface area (Å²) in [4.78, 5) is 37.8. The highest BCUT2D eigenvalue weighted by Gasteiger charge is 2.31. The molecule has 1 atom stereocenters. The van der Waals surface area contributed by atoms with Gasteiger partial charge in [-0.3, -0.25) is 9.59 Å². The molecule has 0 radical (unpaired) electrons. The van der Waals surface area contributed by atoms with Crippen LogP contribution in [0.2, 0.25) is 0 Å². The van der Waals surface area contributed by atoms with Crippen LogP contribution in [0.25, 0.3) is 0 Å². The average molecular weight is 392 g/mol. The first kappa shape index (κ1) is 22.1. The Bertz CT molecular complexity index is 678. The summed E-state index contributed by atoms with van der Waals surface area (Å²) in [5, 5.41) is 2.84. The summed E-state index contributed by atoms with van der Waals surface area (Å²) in [6.45, 7) is 6.41. The van der Waals surface area contributed by atoms with Crippen LogP contribution in [0.15, 0.2) is 6.20 Å². The van der Waals surface area contributed by atoms with Gasteiger partial charge in [0.15, 0.2) is 0 Å². The maximum atomic E-state index is 12.6. The van der Waals surface area contributed by atoms with Gasteiger partial charge in [0, 0.05) is 59.4 Å². The number of carbonyl (C=O) groups is 2. The fraction of sp³-hybridized carbons (Fsp3) is 0.700. The van der Waals surface area contributed by atoms with Crippen molar-refractivity contribution in [3.63, 3.8) is 0 Å². The summed E-state index contributed by atoms with van der Waals surface area (Å²) in [6.07, 6.45) is 3.85. The molecule has 2 rings (SSSR count). The molecule has 1 aliphatic rings. The van der Waals surface area contributed by atoms with Crippen molar-refractivity contribution in [2.45, 2.75) is 39.0 Å². The molecule has 156 valence electrons. The summed E-state index contributed by atoms with van der Waals surface area (Å²) >= 11 is 0. The molecule has 0 aliphatic carbocycles. The maximum absolute atomic E-state index is 12.6. The third-order valence-corrected chi connectivity index (χ3v) is 4.91. The Labute approximate surface area is 167 Å². The van der Waals surface area contributed by atoms with Gasteiger partial charge in [0.2, 0.25) is 11.9 Å². The van der Waals surface area contributed by atoms with Crippen LogP contribution in [0.4, 0.5) is 5.95 Å². The molecule has 0 aromatic carbocycles. The molecule has 8 heteroatoms. The van der Waals surface area contributed by atoms with Crippen molar-refractivity contribution >= 4 is 17.8 Å². The molecule has 1 saturated heterocycles. The Balaban J connectivity index is 2.16. The number of nitrogens with zero attached hydrogens (tertiary/aromatic N) is 4. The first-order chi connectivity index (χ1) is 13.3. The summed E-state index contributed by atoms with van der Waals surface area (Å²) in [7, 11) is 5.33. The number of carbonyl (C=O) groups excluding carboxylic acids is 2. The Morgan fingerprint density at radius 1 is 1.39 bits per heavy atom. The molecule has 1 N–H and O–H groups in total. The van der Waals surface area contributed by atoms with Gasteiger partial charge in [-0.05, 0) is 18.8 Å². The van der Waals surface area contributed by atoms with Crippen molar-refractivity contribution < 1.29 is 14.3 Å². The number of nitrogens with one attached hydrogen (secondary N) is 1. The quantitative estimate of drug-likeness (QED) is 0.645. The molecule has 1 aromatic heterocycles. The average Bonchev–Trinajstić information content (AvgIpc) is 3.15. The molecule has 0 saturated carbocycles. The third-order valence-electron chi connectivity index (χ3n) is 4.91. The summed E-state index contributed by atoms with van der Waals surface area (Å²) < 4.78 is 4.99. The van der Waals surface area contributed by atoms with E-state index in [-0.39, 0.29) is 17.7 Å². The van der Waals surface area contributed by atoms with Crippen molar-refractivity contribution in [1.82, 2.24) is 20.2 Å². The highest BCUT2D eigenvalue weighted by molar-refractivity contribution is 5.95. The van der Waals surface area contributed by atoms with Crippen LogP contribution in [0.3, 0.4) is 0 Å². The van der Waals surface area contributed by atoms with Crippen molar-refractivity contribution in [2.24, 2.45) is 5.92 Å². The van der Waals surface area contributed by atoms with Gasteiger partial charge in [-0.1, -0.05) is 13.8 Å². The fourth-order valence-electron chi connectivity index (χ4n) is 3.23. The highest BCUT2D eigenvalue weighted by atomic mass is 16.5. The lowest BCUT2D eigenvalue weighted by atomic mass is 9.99. The second-order valence-corrected chi connectivity index (χ2v) is 7.87. The van der Waals surface area contributed by atoms with Crippen LogP contribution in [-0.2, 0) is 9.53 Å². The van der Waals surface area contributed by atoms with Gasteiger partial charge in [-0.15, -0.1) is 0 Å².